The number of likely N-dealkylation sites (N-methyl/N-ethyl adjacent to an activating group) is 1. The second-order valence-electron chi connectivity index (χ2n) is 7.76. The number of carbonyl (C=O) groups excluding carboxylic acids is 3. The van der Waals surface area contributed by atoms with Crippen molar-refractivity contribution < 1.29 is 19.1 Å². The first-order chi connectivity index (χ1) is 11.2. The SMILES string of the molecule is CN1C(=O)CC[C@H]1C(=O)NC1CCC(NC(=O)OC(C)(C)C)CC1. The summed E-state index contributed by atoms with van der Waals surface area (Å²) in [4.78, 5) is 37.1. The number of alkyl carbamates (subject to hydrolysis) is 1. The van der Waals surface area contributed by atoms with Crippen LogP contribution in [0.4, 0.5) is 4.79 Å². The molecule has 0 aromatic rings. The molecule has 0 aromatic heterocycles. The highest BCUT2D eigenvalue weighted by atomic mass is 16.6. The number of hydrogen-bond acceptors (Lipinski definition) is 4. The zero-order valence-corrected chi connectivity index (χ0v) is 15.1. The van der Waals surface area contributed by atoms with Crippen molar-refractivity contribution in [1.82, 2.24) is 15.5 Å². The molecule has 1 saturated carbocycles. The molecule has 1 aliphatic heterocycles. The summed E-state index contributed by atoms with van der Waals surface area (Å²) < 4.78 is 5.26. The number of likely N-dealkylation sites (tertiary alicyclic amines) is 1. The highest BCUT2D eigenvalue weighted by Gasteiger charge is 2.34. The van der Waals surface area contributed by atoms with Gasteiger partial charge in [0.1, 0.15) is 11.6 Å². The third-order valence-corrected chi connectivity index (χ3v) is 4.59. The number of carbonyl (C=O) groups is 3. The Morgan fingerprint density at radius 1 is 1.04 bits per heavy atom. The molecule has 7 nitrogen and oxygen atoms in total. The van der Waals surface area contributed by atoms with Crippen LogP contribution in [0.5, 0.6) is 0 Å². The van der Waals surface area contributed by atoms with Crippen LogP contribution >= 0.6 is 0 Å². The summed E-state index contributed by atoms with van der Waals surface area (Å²) in [6, 6.07) is -0.142. The Kier molecular flexibility index (Phi) is 5.72. The lowest BCUT2D eigenvalue weighted by atomic mass is 9.91. The summed E-state index contributed by atoms with van der Waals surface area (Å²) in [6.07, 6.45) is 3.90. The van der Waals surface area contributed by atoms with E-state index >= 15 is 0 Å². The van der Waals surface area contributed by atoms with E-state index in [1.54, 1.807) is 7.05 Å². The first-order valence-corrected chi connectivity index (χ1v) is 8.71. The monoisotopic (exact) mass is 339 g/mol. The van der Waals surface area contributed by atoms with Crippen molar-refractivity contribution in [3.8, 4) is 0 Å². The molecule has 1 aliphatic carbocycles. The third kappa shape index (κ3) is 5.11. The molecule has 1 atom stereocenters. The van der Waals surface area contributed by atoms with Crippen molar-refractivity contribution in [2.45, 2.75) is 83.0 Å². The van der Waals surface area contributed by atoms with Gasteiger partial charge < -0.3 is 20.3 Å². The first-order valence-electron chi connectivity index (χ1n) is 8.71. The quantitative estimate of drug-likeness (QED) is 0.817. The van der Waals surface area contributed by atoms with E-state index in [0.29, 0.717) is 12.8 Å². The Bertz CT molecular complexity index is 493. The van der Waals surface area contributed by atoms with Gasteiger partial charge in [-0.3, -0.25) is 9.59 Å². The zero-order chi connectivity index (χ0) is 17.9. The Morgan fingerprint density at radius 2 is 1.58 bits per heavy atom. The van der Waals surface area contributed by atoms with E-state index in [0.717, 1.165) is 25.7 Å². The Balaban J connectivity index is 1.72. The summed E-state index contributed by atoms with van der Waals surface area (Å²) in [7, 11) is 1.68. The minimum absolute atomic E-state index is 0.0282. The molecular formula is C17H29N3O4. The fourth-order valence-electron chi connectivity index (χ4n) is 3.26. The van der Waals surface area contributed by atoms with Crippen LogP contribution in [0.1, 0.15) is 59.3 Å². The van der Waals surface area contributed by atoms with Gasteiger partial charge in [-0.05, 0) is 52.9 Å². The van der Waals surface area contributed by atoms with E-state index in [1.807, 2.05) is 20.8 Å². The van der Waals surface area contributed by atoms with Crippen LogP contribution in [0.25, 0.3) is 0 Å². The number of rotatable bonds is 3. The molecule has 0 spiro atoms. The normalized spacial score (nSPS) is 27.8. The molecule has 24 heavy (non-hydrogen) atoms. The zero-order valence-electron chi connectivity index (χ0n) is 15.1. The van der Waals surface area contributed by atoms with Crippen LogP contribution in [0.15, 0.2) is 0 Å². The average molecular weight is 339 g/mol. The summed E-state index contributed by atoms with van der Waals surface area (Å²) in [5, 5.41) is 5.94. The average Bonchev–Trinajstić information content (AvgIpc) is 2.79. The minimum Gasteiger partial charge on any atom is -0.444 e. The van der Waals surface area contributed by atoms with E-state index in [4.69, 9.17) is 4.74 Å². The highest BCUT2D eigenvalue weighted by Crippen LogP contribution is 2.21. The molecule has 136 valence electrons. The van der Waals surface area contributed by atoms with Gasteiger partial charge in [-0.2, -0.15) is 0 Å². The van der Waals surface area contributed by atoms with Crippen LogP contribution in [0.2, 0.25) is 0 Å². The fourth-order valence-corrected chi connectivity index (χ4v) is 3.26. The predicted octanol–water partition coefficient (Wildman–Crippen LogP) is 1.56. The van der Waals surface area contributed by atoms with E-state index in [9.17, 15) is 14.4 Å². The standard InChI is InChI=1S/C17H29N3O4/c1-17(2,3)24-16(23)19-12-7-5-11(6-8-12)18-15(22)13-9-10-14(21)20(13)4/h11-13H,5-10H2,1-4H3,(H,18,22)(H,19,23)/t11?,12?,13-/m0/s1. The van der Waals surface area contributed by atoms with Crippen LogP contribution < -0.4 is 10.6 Å². The second kappa shape index (κ2) is 7.40. The Hall–Kier alpha value is -1.79. The van der Waals surface area contributed by atoms with Gasteiger partial charge in [0.15, 0.2) is 0 Å². The van der Waals surface area contributed by atoms with Crippen molar-refractivity contribution in [2.24, 2.45) is 0 Å². The van der Waals surface area contributed by atoms with Gasteiger partial charge in [0, 0.05) is 25.6 Å². The van der Waals surface area contributed by atoms with E-state index in [-0.39, 0.29) is 36.0 Å². The summed E-state index contributed by atoms with van der Waals surface area (Å²) in [5.74, 6) is -0.0349. The maximum Gasteiger partial charge on any atom is 0.407 e. The molecule has 0 aromatic carbocycles. The van der Waals surface area contributed by atoms with Gasteiger partial charge in [0.05, 0.1) is 0 Å². The van der Waals surface area contributed by atoms with Crippen LogP contribution in [0.3, 0.4) is 0 Å². The number of nitrogens with one attached hydrogen (secondary N) is 2. The van der Waals surface area contributed by atoms with Gasteiger partial charge in [-0.25, -0.2) is 4.79 Å². The fraction of sp³-hybridized carbons (Fsp3) is 0.824. The predicted molar refractivity (Wildman–Crippen MR) is 89.3 cm³/mol. The molecular weight excluding hydrogens is 310 g/mol. The van der Waals surface area contributed by atoms with Crippen LogP contribution in [-0.2, 0) is 14.3 Å². The van der Waals surface area contributed by atoms with Gasteiger partial charge in [-0.1, -0.05) is 0 Å². The summed E-state index contributed by atoms with van der Waals surface area (Å²) in [6.45, 7) is 5.51. The molecule has 1 saturated heterocycles. The highest BCUT2D eigenvalue weighted by molar-refractivity contribution is 5.90. The smallest absolute Gasteiger partial charge is 0.407 e. The van der Waals surface area contributed by atoms with E-state index < -0.39 is 5.60 Å². The summed E-state index contributed by atoms with van der Waals surface area (Å²) >= 11 is 0. The number of ether oxygens (including phenoxy) is 1. The van der Waals surface area contributed by atoms with E-state index in [1.165, 1.54) is 4.90 Å². The van der Waals surface area contributed by atoms with Crippen molar-refractivity contribution in [2.75, 3.05) is 7.05 Å². The molecule has 1 heterocycles. The third-order valence-electron chi connectivity index (χ3n) is 4.59. The van der Waals surface area contributed by atoms with Gasteiger partial charge in [0.25, 0.3) is 0 Å². The molecule has 7 heteroatoms. The van der Waals surface area contributed by atoms with Gasteiger partial charge in [-0.15, -0.1) is 0 Å². The van der Waals surface area contributed by atoms with Gasteiger partial charge in [0.2, 0.25) is 11.8 Å². The van der Waals surface area contributed by atoms with Crippen LogP contribution in [0, 0.1) is 0 Å². The van der Waals surface area contributed by atoms with Crippen molar-refractivity contribution in [3.05, 3.63) is 0 Å². The number of amides is 3. The largest absolute Gasteiger partial charge is 0.444 e. The lowest BCUT2D eigenvalue weighted by molar-refractivity contribution is -0.134. The first kappa shape index (κ1) is 18.5. The van der Waals surface area contributed by atoms with E-state index in [2.05, 4.69) is 10.6 Å². The lowest BCUT2D eigenvalue weighted by Crippen LogP contribution is -2.49. The molecule has 0 unspecified atom stereocenters. The molecule has 0 radical (unpaired) electrons. The lowest BCUT2D eigenvalue weighted by Gasteiger charge is -2.31. The number of nitrogens with zero attached hydrogens (tertiary/aromatic N) is 1. The molecule has 2 aliphatic rings. The van der Waals surface area contributed by atoms with Crippen molar-refractivity contribution in [3.63, 3.8) is 0 Å². The Labute approximate surface area is 143 Å². The second-order valence-corrected chi connectivity index (χ2v) is 7.76. The minimum atomic E-state index is -0.500. The molecule has 2 N–H and O–H groups in total. The molecule has 3 amide bonds. The topological polar surface area (TPSA) is 87.7 Å². The molecule has 2 rings (SSSR count). The van der Waals surface area contributed by atoms with Gasteiger partial charge >= 0.3 is 6.09 Å². The number of hydrogen-bond donors (Lipinski definition) is 2. The van der Waals surface area contributed by atoms with Crippen molar-refractivity contribution >= 4 is 17.9 Å². The van der Waals surface area contributed by atoms with Crippen LogP contribution in [-0.4, -0.2) is 53.6 Å². The maximum absolute atomic E-state index is 12.3. The van der Waals surface area contributed by atoms with Crippen molar-refractivity contribution in [1.29, 1.82) is 0 Å². The maximum atomic E-state index is 12.3. The Morgan fingerprint density at radius 3 is 2.04 bits per heavy atom. The molecule has 0 bridgehead atoms. The molecule has 2 fully saturated rings. The summed E-state index contributed by atoms with van der Waals surface area (Å²) in [5.41, 5.74) is -0.500.